The minimum absolute atomic E-state index is 0.122. The molecule has 0 saturated carbocycles. The van der Waals surface area contributed by atoms with Crippen LogP contribution in [0.2, 0.25) is 0 Å². The van der Waals surface area contributed by atoms with Gasteiger partial charge in [0.1, 0.15) is 0 Å². The summed E-state index contributed by atoms with van der Waals surface area (Å²) in [6.45, 7) is 3.15. The predicted octanol–water partition coefficient (Wildman–Crippen LogP) is -0.189. The summed E-state index contributed by atoms with van der Waals surface area (Å²) in [6, 6.07) is 0. The first-order valence-electron chi connectivity index (χ1n) is 5.62. The van der Waals surface area contributed by atoms with Gasteiger partial charge in [-0.1, -0.05) is 6.92 Å². The normalized spacial score (nSPS) is 11.8. The Kier molecular flexibility index (Phi) is 8.11. The van der Waals surface area contributed by atoms with Gasteiger partial charge in [-0.25, -0.2) is 8.42 Å². The highest BCUT2D eigenvalue weighted by molar-refractivity contribution is 7.88. The van der Waals surface area contributed by atoms with E-state index in [1.807, 2.05) is 6.92 Å². The van der Waals surface area contributed by atoms with Crippen molar-refractivity contribution in [2.75, 3.05) is 39.6 Å². The van der Waals surface area contributed by atoms with Gasteiger partial charge in [-0.2, -0.15) is 4.31 Å². The molecule has 102 valence electrons. The molecule has 17 heavy (non-hydrogen) atoms. The fourth-order valence-electron chi connectivity index (χ4n) is 1.23. The maximum absolute atomic E-state index is 11.4. The molecule has 0 fully saturated rings. The van der Waals surface area contributed by atoms with Crippen molar-refractivity contribution in [2.45, 2.75) is 19.8 Å². The van der Waals surface area contributed by atoms with E-state index in [1.165, 1.54) is 0 Å². The molecule has 0 atom stereocenters. The molecule has 0 spiro atoms. The van der Waals surface area contributed by atoms with Crippen molar-refractivity contribution in [1.29, 1.82) is 0 Å². The number of ether oxygens (including phenoxy) is 1. The summed E-state index contributed by atoms with van der Waals surface area (Å²) in [5.41, 5.74) is 0. The molecule has 7 heteroatoms. The van der Waals surface area contributed by atoms with Gasteiger partial charge in [0.25, 0.3) is 0 Å². The Labute approximate surface area is 103 Å². The highest BCUT2D eigenvalue weighted by atomic mass is 32.2. The Morgan fingerprint density at radius 2 is 2.06 bits per heavy atom. The van der Waals surface area contributed by atoms with Gasteiger partial charge in [-0.3, -0.25) is 4.79 Å². The highest BCUT2D eigenvalue weighted by Gasteiger charge is 2.19. The smallest absolute Gasteiger partial charge is 0.235 e. The van der Waals surface area contributed by atoms with Crippen molar-refractivity contribution in [3.05, 3.63) is 0 Å². The molecule has 0 unspecified atom stereocenters. The van der Waals surface area contributed by atoms with Crippen LogP contribution in [0.25, 0.3) is 0 Å². The summed E-state index contributed by atoms with van der Waals surface area (Å²) in [7, 11) is -1.79. The van der Waals surface area contributed by atoms with E-state index >= 15 is 0 Å². The molecule has 1 N–H and O–H groups in total. The zero-order valence-electron chi connectivity index (χ0n) is 10.7. The lowest BCUT2D eigenvalue weighted by molar-refractivity contribution is -0.121. The zero-order chi connectivity index (χ0) is 13.3. The van der Waals surface area contributed by atoms with Crippen LogP contribution in [0.1, 0.15) is 19.8 Å². The first-order valence-corrected chi connectivity index (χ1v) is 7.47. The first-order chi connectivity index (χ1) is 7.91. The van der Waals surface area contributed by atoms with Gasteiger partial charge in [0.2, 0.25) is 15.9 Å². The average Bonchev–Trinajstić information content (AvgIpc) is 2.24. The van der Waals surface area contributed by atoms with Crippen LogP contribution in [0.3, 0.4) is 0 Å². The van der Waals surface area contributed by atoms with E-state index < -0.39 is 10.0 Å². The van der Waals surface area contributed by atoms with Crippen molar-refractivity contribution in [1.82, 2.24) is 9.62 Å². The molecule has 0 radical (unpaired) electrons. The molecule has 0 aromatic heterocycles. The molecule has 0 aliphatic carbocycles. The number of sulfonamides is 1. The molecular weight excluding hydrogens is 244 g/mol. The summed E-state index contributed by atoms with van der Waals surface area (Å²) >= 11 is 0. The Balaban J connectivity index is 4.25. The second-order valence-corrected chi connectivity index (χ2v) is 5.78. The summed E-state index contributed by atoms with van der Waals surface area (Å²) in [4.78, 5) is 11.4. The third kappa shape index (κ3) is 8.12. The van der Waals surface area contributed by atoms with Gasteiger partial charge in [0, 0.05) is 26.8 Å². The third-order valence-electron chi connectivity index (χ3n) is 2.12. The van der Waals surface area contributed by atoms with Crippen LogP contribution in [-0.2, 0) is 19.6 Å². The van der Waals surface area contributed by atoms with Crippen molar-refractivity contribution in [3.63, 3.8) is 0 Å². The minimum Gasteiger partial charge on any atom is -0.385 e. The number of nitrogens with zero attached hydrogens (tertiary/aromatic N) is 1. The summed E-state index contributed by atoms with van der Waals surface area (Å²) < 4.78 is 28.9. The second kappa shape index (κ2) is 8.43. The molecule has 0 heterocycles. The minimum atomic E-state index is -3.35. The number of amides is 1. The van der Waals surface area contributed by atoms with Crippen LogP contribution in [-0.4, -0.2) is 58.2 Å². The van der Waals surface area contributed by atoms with E-state index in [2.05, 4.69) is 5.32 Å². The molecule has 0 aliphatic heterocycles. The maximum atomic E-state index is 11.4. The number of nitrogens with one attached hydrogen (secondary N) is 1. The van der Waals surface area contributed by atoms with E-state index in [4.69, 9.17) is 4.74 Å². The Bertz CT molecular complexity index is 316. The third-order valence-corrected chi connectivity index (χ3v) is 3.37. The van der Waals surface area contributed by atoms with Crippen molar-refractivity contribution >= 4 is 15.9 Å². The average molecular weight is 266 g/mol. The molecule has 0 saturated heterocycles. The molecule has 6 nitrogen and oxygen atoms in total. The fraction of sp³-hybridized carbons (Fsp3) is 0.900. The van der Waals surface area contributed by atoms with Crippen LogP contribution in [0, 0.1) is 0 Å². The van der Waals surface area contributed by atoms with E-state index in [9.17, 15) is 13.2 Å². The predicted molar refractivity (Wildman–Crippen MR) is 66.2 cm³/mol. The van der Waals surface area contributed by atoms with E-state index in [-0.39, 0.29) is 12.5 Å². The van der Waals surface area contributed by atoms with Crippen molar-refractivity contribution < 1.29 is 17.9 Å². The van der Waals surface area contributed by atoms with Crippen LogP contribution < -0.4 is 5.32 Å². The fourth-order valence-corrected chi connectivity index (χ4v) is 2.04. The molecule has 0 bridgehead atoms. The van der Waals surface area contributed by atoms with Gasteiger partial charge in [0.15, 0.2) is 0 Å². The van der Waals surface area contributed by atoms with Crippen LogP contribution >= 0.6 is 0 Å². The van der Waals surface area contributed by atoms with Crippen molar-refractivity contribution in [2.24, 2.45) is 0 Å². The maximum Gasteiger partial charge on any atom is 0.235 e. The molecule has 1 amide bonds. The SMILES string of the molecule is CCCNC(=O)CN(CCCOC)S(C)(=O)=O. The van der Waals surface area contributed by atoms with Crippen molar-refractivity contribution in [3.8, 4) is 0 Å². The number of methoxy groups -OCH3 is 1. The Morgan fingerprint density at radius 3 is 2.53 bits per heavy atom. The number of hydrogen-bond acceptors (Lipinski definition) is 4. The topological polar surface area (TPSA) is 75.7 Å². The second-order valence-electron chi connectivity index (χ2n) is 3.79. The zero-order valence-corrected chi connectivity index (χ0v) is 11.5. The highest BCUT2D eigenvalue weighted by Crippen LogP contribution is 1.99. The Hall–Kier alpha value is -0.660. The van der Waals surface area contributed by atoms with Crippen LogP contribution in [0.15, 0.2) is 0 Å². The molecule has 0 aliphatic rings. The quantitative estimate of drug-likeness (QED) is 0.587. The lowest BCUT2D eigenvalue weighted by Gasteiger charge is -2.19. The van der Waals surface area contributed by atoms with E-state index in [1.54, 1.807) is 7.11 Å². The van der Waals surface area contributed by atoms with Gasteiger partial charge in [-0.15, -0.1) is 0 Å². The van der Waals surface area contributed by atoms with Crippen LogP contribution in [0.5, 0.6) is 0 Å². The van der Waals surface area contributed by atoms with Gasteiger partial charge in [-0.05, 0) is 12.8 Å². The molecular formula is C10H22N2O4S. The summed E-state index contributed by atoms with van der Waals surface area (Å²) in [5.74, 6) is -0.269. The van der Waals surface area contributed by atoms with Gasteiger partial charge >= 0.3 is 0 Å². The van der Waals surface area contributed by atoms with Crippen LogP contribution in [0.4, 0.5) is 0 Å². The van der Waals surface area contributed by atoms with E-state index in [0.29, 0.717) is 26.1 Å². The lowest BCUT2D eigenvalue weighted by atomic mass is 10.4. The first kappa shape index (κ1) is 16.3. The molecule has 0 aromatic carbocycles. The molecule has 0 rings (SSSR count). The molecule has 0 aromatic rings. The number of carbonyl (C=O) groups excluding carboxylic acids is 1. The monoisotopic (exact) mass is 266 g/mol. The van der Waals surface area contributed by atoms with Gasteiger partial charge < -0.3 is 10.1 Å². The summed E-state index contributed by atoms with van der Waals surface area (Å²) in [5, 5.41) is 2.65. The number of hydrogen-bond donors (Lipinski definition) is 1. The number of rotatable bonds is 9. The Morgan fingerprint density at radius 1 is 1.41 bits per heavy atom. The largest absolute Gasteiger partial charge is 0.385 e. The summed E-state index contributed by atoms with van der Waals surface area (Å²) in [6.07, 6.45) is 2.51. The number of carbonyl (C=O) groups is 1. The van der Waals surface area contributed by atoms with E-state index in [0.717, 1.165) is 17.0 Å². The standard InChI is InChI=1S/C10H22N2O4S/c1-4-6-11-10(13)9-12(17(3,14)15)7-5-8-16-2/h4-9H2,1-3H3,(H,11,13). The van der Waals surface area contributed by atoms with Gasteiger partial charge in [0.05, 0.1) is 12.8 Å². The lowest BCUT2D eigenvalue weighted by Crippen LogP contribution is -2.41.